The summed E-state index contributed by atoms with van der Waals surface area (Å²) < 4.78 is 11.1. The third-order valence-electron chi connectivity index (χ3n) is 6.56. The lowest BCUT2D eigenvalue weighted by atomic mass is 9.91. The average molecular weight is 484 g/mol. The Morgan fingerprint density at radius 2 is 1.26 bits per heavy atom. The van der Waals surface area contributed by atoms with Crippen LogP contribution in [0.3, 0.4) is 0 Å². The molecule has 0 saturated heterocycles. The second kappa shape index (κ2) is 23.6. The second-order valence-electron chi connectivity index (χ2n) is 10.3. The highest BCUT2D eigenvalue weighted by Crippen LogP contribution is 2.22. The average Bonchev–Trinajstić information content (AvgIpc) is 2.80. The molecule has 5 heteroatoms. The SMILES string of the molecule is CCCCCCCC(CCCCCCC)CC(=O)OCC(CC)OC(=O)CCCCCN(C)C. The van der Waals surface area contributed by atoms with Crippen LogP contribution in [0.25, 0.3) is 0 Å². The van der Waals surface area contributed by atoms with E-state index in [9.17, 15) is 9.59 Å². The van der Waals surface area contributed by atoms with E-state index in [0.717, 1.165) is 38.6 Å². The van der Waals surface area contributed by atoms with Crippen LogP contribution in [-0.2, 0) is 19.1 Å². The molecule has 202 valence electrons. The first-order chi connectivity index (χ1) is 16.4. The number of carbonyl (C=O) groups excluding carboxylic acids is 2. The maximum absolute atomic E-state index is 12.6. The van der Waals surface area contributed by atoms with Crippen molar-refractivity contribution in [2.75, 3.05) is 27.2 Å². The van der Waals surface area contributed by atoms with E-state index >= 15 is 0 Å². The number of hydrogen-bond acceptors (Lipinski definition) is 5. The van der Waals surface area contributed by atoms with Gasteiger partial charge in [-0.2, -0.15) is 0 Å². The van der Waals surface area contributed by atoms with Crippen molar-refractivity contribution in [1.29, 1.82) is 0 Å². The van der Waals surface area contributed by atoms with Crippen LogP contribution in [-0.4, -0.2) is 50.2 Å². The monoisotopic (exact) mass is 483 g/mol. The van der Waals surface area contributed by atoms with Crippen LogP contribution in [0, 0.1) is 5.92 Å². The van der Waals surface area contributed by atoms with Gasteiger partial charge >= 0.3 is 11.9 Å². The van der Waals surface area contributed by atoms with Gasteiger partial charge in [-0.15, -0.1) is 0 Å². The fourth-order valence-corrected chi connectivity index (χ4v) is 4.26. The standard InChI is InChI=1S/C29H57NO4/c1-6-9-11-13-16-20-26(21-17-14-12-10-7-2)24-29(32)33-25-27(8-3)34-28(31)22-18-15-19-23-30(4)5/h26-27H,6-25H2,1-5H3. The molecule has 1 atom stereocenters. The Morgan fingerprint density at radius 1 is 0.706 bits per heavy atom. The summed E-state index contributed by atoms with van der Waals surface area (Å²) in [6, 6.07) is 0. The first-order valence-corrected chi connectivity index (χ1v) is 14.4. The molecule has 0 saturated carbocycles. The number of unbranched alkanes of at least 4 members (excludes halogenated alkanes) is 10. The molecule has 0 aliphatic heterocycles. The van der Waals surface area contributed by atoms with Crippen LogP contribution in [0.4, 0.5) is 0 Å². The van der Waals surface area contributed by atoms with E-state index in [1.165, 1.54) is 64.2 Å². The molecule has 1 unspecified atom stereocenters. The van der Waals surface area contributed by atoms with Gasteiger partial charge in [0.25, 0.3) is 0 Å². The summed E-state index contributed by atoms with van der Waals surface area (Å²) in [4.78, 5) is 26.9. The highest BCUT2D eigenvalue weighted by atomic mass is 16.6. The summed E-state index contributed by atoms with van der Waals surface area (Å²) in [6.07, 6.45) is 19.1. The summed E-state index contributed by atoms with van der Waals surface area (Å²) in [6.45, 7) is 7.67. The molecule has 0 N–H and O–H groups in total. The van der Waals surface area contributed by atoms with Crippen molar-refractivity contribution < 1.29 is 19.1 Å². The zero-order valence-electron chi connectivity index (χ0n) is 23.4. The van der Waals surface area contributed by atoms with Crippen LogP contribution in [0.15, 0.2) is 0 Å². The van der Waals surface area contributed by atoms with Gasteiger partial charge in [-0.1, -0.05) is 91.4 Å². The molecule has 0 aromatic carbocycles. The van der Waals surface area contributed by atoms with E-state index in [1.54, 1.807) is 0 Å². The van der Waals surface area contributed by atoms with Crippen molar-refractivity contribution in [3.05, 3.63) is 0 Å². The summed E-state index contributed by atoms with van der Waals surface area (Å²) in [5.41, 5.74) is 0. The number of ether oxygens (including phenoxy) is 2. The molecule has 0 amide bonds. The van der Waals surface area contributed by atoms with Gasteiger partial charge in [-0.05, 0) is 58.7 Å². The molecule has 0 spiro atoms. The molecular weight excluding hydrogens is 426 g/mol. The number of rotatable bonds is 24. The van der Waals surface area contributed by atoms with Crippen molar-refractivity contribution in [2.45, 2.75) is 142 Å². The highest BCUT2D eigenvalue weighted by Gasteiger charge is 2.18. The zero-order chi connectivity index (χ0) is 25.4. The Hall–Kier alpha value is -1.10. The van der Waals surface area contributed by atoms with E-state index in [1.807, 2.05) is 6.92 Å². The fourth-order valence-electron chi connectivity index (χ4n) is 4.26. The van der Waals surface area contributed by atoms with Crippen molar-refractivity contribution in [3.63, 3.8) is 0 Å². The van der Waals surface area contributed by atoms with Gasteiger partial charge in [-0.25, -0.2) is 0 Å². The lowest BCUT2D eigenvalue weighted by Crippen LogP contribution is -2.25. The molecule has 0 fully saturated rings. The van der Waals surface area contributed by atoms with E-state index in [4.69, 9.17) is 9.47 Å². The van der Waals surface area contributed by atoms with E-state index in [2.05, 4.69) is 32.8 Å². The molecular formula is C29H57NO4. The predicted molar refractivity (Wildman–Crippen MR) is 143 cm³/mol. The summed E-state index contributed by atoms with van der Waals surface area (Å²) in [5, 5.41) is 0. The first kappa shape index (κ1) is 32.9. The second-order valence-corrected chi connectivity index (χ2v) is 10.3. The highest BCUT2D eigenvalue weighted by molar-refractivity contribution is 5.70. The molecule has 5 nitrogen and oxygen atoms in total. The van der Waals surface area contributed by atoms with Crippen LogP contribution in [0.5, 0.6) is 0 Å². The summed E-state index contributed by atoms with van der Waals surface area (Å²) in [7, 11) is 4.12. The minimum atomic E-state index is -0.334. The number of esters is 2. The van der Waals surface area contributed by atoms with Crippen LogP contribution < -0.4 is 0 Å². The van der Waals surface area contributed by atoms with E-state index < -0.39 is 0 Å². The van der Waals surface area contributed by atoms with Crippen molar-refractivity contribution in [2.24, 2.45) is 5.92 Å². The van der Waals surface area contributed by atoms with Crippen LogP contribution >= 0.6 is 0 Å². The molecule has 0 heterocycles. The maximum atomic E-state index is 12.6. The normalized spacial score (nSPS) is 12.3. The Bertz CT molecular complexity index is 467. The Balaban J connectivity index is 4.30. The molecule has 0 bridgehead atoms. The van der Waals surface area contributed by atoms with Crippen molar-refractivity contribution >= 4 is 11.9 Å². The molecule has 0 aromatic rings. The fraction of sp³-hybridized carbons (Fsp3) is 0.931. The first-order valence-electron chi connectivity index (χ1n) is 14.4. The largest absolute Gasteiger partial charge is 0.462 e. The van der Waals surface area contributed by atoms with E-state index in [-0.39, 0.29) is 24.6 Å². The van der Waals surface area contributed by atoms with Crippen molar-refractivity contribution in [1.82, 2.24) is 4.90 Å². The zero-order valence-corrected chi connectivity index (χ0v) is 23.4. The third kappa shape index (κ3) is 21.4. The Kier molecular flexibility index (Phi) is 22.9. The Labute approximate surface area is 211 Å². The van der Waals surface area contributed by atoms with Crippen LogP contribution in [0.1, 0.15) is 136 Å². The quantitative estimate of drug-likeness (QED) is 0.104. The molecule has 0 aliphatic rings. The smallest absolute Gasteiger partial charge is 0.306 e. The number of hydrogen-bond donors (Lipinski definition) is 0. The lowest BCUT2D eigenvalue weighted by Gasteiger charge is -2.19. The topological polar surface area (TPSA) is 55.8 Å². The van der Waals surface area contributed by atoms with Crippen molar-refractivity contribution in [3.8, 4) is 0 Å². The molecule has 0 radical (unpaired) electrons. The third-order valence-corrected chi connectivity index (χ3v) is 6.56. The molecule has 34 heavy (non-hydrogen) atoms. The number of nitrogens with zero attached hydrogens (tertiary/aromatic N) is 1. The predicted octanol–water partition coefficient (Wildman–Crippen LogP) is 7.70. The minimum Gasteiger partial charge on any atom is -0.462 e. The van der Waals surface area contributed by atoms with Gasteiger partial charge in [0.2, 0.25) is 0 Å². The van der Waals surface area contributed by atoms with Gasteiger partial charge < -0.3 is 14.4 Å². The van der Waals surface area contributed by atoms with Gasteiger partial charge in [0.05, 0.1) is 0 Å². The van der Waals surface area contributed by atoms with Gasteiger partial charge in [0.1, 0.15) is 12.7 Å². The van der Waals surface area contributed by atoms with Gasteiger partial charge in [-0.3, -0.25) is 9.59 Å². The number of carbonyl (C=O) groups is 2. The minimum absolute atomic E-state index is 0.134. The molecule has 0 aromatic heterocycles. The molecule has 0 rings (SSSR count). The van der Waals surface area contributed by atoms with Gasteiger partial charge in [0.15, 0.2) is 0 Å². The molecule has 0 aliphatic carbocycles. The maximum Gasteiger partial charge on any atom is 0.306 e. The Morgan fingerprint density at radius 3 is 1.79 bits per heavy atom. The summed E-state index contributed by atoms with van der Waals surface area (Å²) in [5.74, 6) is 0.107. The summed E-state index contributed by atoms with van der Waals surface area (Å²) >= 11 is 0. The van der Waals surface area contributed by atoms with Gasteiger partial charge in [0, 0.05) is 12.8 Å². The lowest BCUT2D eigenvalue weighted by molar-refractivity contribution is -0.159. The van der Waals surface area contributed by atoms with Crippen LogP contribution in [0.2, 0.25) is 0 Å². The van der Waals surface area contributed by atoms with E-state index in [0.29, 0.717) is 25.2 Å².